The average Bonchev–Trinajstić information content (AvgIpc) is 3.47. The van der Waals surface area contributed by atoms with E-state index in [1.165, 1.54) is 51.4 Å². The highest BCUT2D eigenvalue weighted by atomic mass is 32.2. The summed E-state index contributed by atoms with van der Waals surface area (Å²) in [4.78, 5) is 54.0. The number of nitrogens with two attached hydrogens (primary N) is 1. The Bertz CT molecular complexity index is 1210. The van der Waals surface area contributed by atoms with Gasteiger partial charge in [0.1, 0.15) is 22.1 Å². The molecule has 0 aliphatic carbocycles. The van der Waals surface area contributed by atoms with Crippen LogP contribution in [0.25, 0.3) is 5.57 Å². The van der Waals surface area contributed by atoms with Crippen LogP contribution in [0.2, 0.25) is 0 Å². The Balaban J connectivity index is 1.50. The second-order valence-corrected chi connectivity index (χ2v) is 10.5. The monoisotopic (exact) mass is 540 g/mol. The molecule has 2 amide bonds. The van der Waals surface area contributed by atoms with E-state index in [-0.39, 0.29) is 22.1 Å². The van der Waals surface area contributed by atoms with E-state index in [1.54, 1.807) is 5.38 Å². The minimum absolute atomic E-state index is 0.0228. The highest BCUT2D eigenvalue weighted by Crippen LogP contribution is 2.41. The summed E-state index contributed by atoms with van der Waals surface area (Å²) in [5, 5.41) is 28.8. The number of carboxylic acids is 2. The third kappa shape index (κ3) is 4.94. The summed E-state index contributed by atoms with van der Waals surface area (Å²) in [7, 11) is 0. The van der Waals surface area contributed by atoms with E-state index in [0.29, 0.717) is 22.1 Å². The lowest BCUT2D eigenvalue weighted by Gasteiger charge is -2.49. The standard InChI is InChI=1S/C18H16N6O6S4/c19-18-20-9(5-33-18)8(1-2-11(25)26)14(27)21-12-15(28)24-13(17(29)30)7(4-32-16(12)24)3-31-10-6-34-23-22-10/h1,5-6,12,16H,2-4H2,(H2,19,20)(H,21,27)(H,25,26)(H,29,30)/t12-,16-/m1/s1. The maximum atomic E-state index is 12.9. The smallest absolute Gasteiger partial charge is 0.352 e. The van der Waals surface area contributed by atoms with Crippen LogP contribution in [0, 0.1) is 0 Å². The number of aromatic nitrogens is 3. The van der Waals surface area contributed by atoms with Gasteiger partial charge in [-0.15, -0.1) is 28.2 Å². The molecule has 178 valence electrons. The zero-order valence-corrected chi connectivity index (χ0v) is 20.3. The van der Waals surface area contributed by atoms with Crippen molar-refractivity contribution in [2.45, 2.75) is 22.9 Å². The fourth-order valence-corrected chi connectivity index (χ4v) is 6.78. The van der Waals surface area contributed by atoms with Crippen LogP contribution in [0.5, 0.6) is 0 Å². The van der Waals surface area contributed by atoms with Crippen LogP contribution in [0.15, 0.2) is 33.1 Å². The molecule has 2 aromatic rings. The lowest BCUT2D eigenvalue weighted by molar-refractivity contribution is -0.150. The lowest BCUT2D eigenvalue weighted by Crippen LogP contribution is -2.70. The molecule has 0 aromatic carbocycles. The summed E-state index contributed by atoms with van der Waals surface area (Å²) < 4.78 is 3.77. The number of rotatable bonds is 9. The normalized spacial score (nSPS) is 20.1. The first-order valence-electron chi connectivity index (χ1n) is 9.50. The molecule has 1 fully saturated rings. The summed E-state index contributed by atoms with van der Waals surface area (Å²) >= 11 is 4.94. The van der Waals surface area contributed by atoms with Crippen molar-refractivity contribution in [2.24, 2.45) is 0 Å². The minimum Gasteiger partial charge on any atom is -0.481 e. The predicted molar refractivity (Wildman–Crippen MR) is 127 cm³/mol. The van der Waals surface area contributed by atoms with Crippen molar-refractivity contribution in [1.29, 1.82) is 0 Å². The first-order valence-corrected chi connectivity index (χ1v) is 13.3. The van der Waals surface area contributed by atoms with E-state index >= 15 is 0 Å². The molecule has 0 radical (unpaired) electrons. The third-order valence-corrected chi connectivity index (χ3v) is 8.45. The number of nitrogens with one attached hydrogen (secondary N) is 1. The minimum atomic E-state index is -1.23. The summed E-state index contributed by atoms with van der Waals surface area (Å²) in [6.45, 7) is 0. The molecule has 5 N–H and O–H groups in total. The summed E-state index contributed by atoms with van der Waals surface area (Å²) in [6, 6.07) is -0.965. The summed E-state index contributed by atoms with van der Waals surface area (Å²) in [6.07, 6.45) is 0.775. The molecule has 4 rings (SSSR count). The van der Waals surface area contributed by atoms with Crippen molar-refractivity contribution in [2.75, 3.05) is 17.2 Å². The van der Waals surface area contributed by atoms with Crippen molar-refractivity contribution in [3.8, 4) is 0 Å². The van der Waals surface area contributed by atoms with Gasteiger partial charge in [0, 0.05) is 22.3 Å². The number of aliphatic carboxylic acids is 2. The molecule has 2 atom stereocenters. The Morgan fingerprint density at radius 1 is 1.32 bits per heavy atom. The highest BCUT2D eigenvalue weighted by molar-refractivity contribution is 8.01. The summed E-state index contributed by atoms with van der Waals surface area (Å²) in [5.74, 6) is -2.93. The van der Waals surface area contributed by atoms with Crippen LogP contribution in [-0.4, -0.2) is 76.4 Å². The Labute approximate surface area is 208 Å². The molecule has 0 unspecified atom stereocenters. The van der Waals surface area contributed by atoms with E-state index in [0.717, 1.165) is 11.3 Å². The largest absolute Gasteiger partial charge is 0.481 e. The molecule has 0 spiro atoms. The number of amides is 2. The molecule has 0 saturated carbocycles. The zero-order valence-electron chi connectivity index (χ0n) is 17.0. The van der Waals surface area contributed by atoms with E-state index in [4.69, 9.17) is 10.8 Å². The molecule has 2 aromatic heterocycles. The molecule has 0 bridgehead atoms. The van der Waals surface area contributed by atoms with E-state index in [2.05, 4.69) is 19.9 Å². The van der Waals surface area contributed by atoms with Gasteiger partial charge in [0.05, 0.1) is 17.7 Å². The van der Waals surface area contributed by atoms with Crippen LogP contribution >= 0.6 is 46.4 Å². The molecule has 12 nitrogen and oxygen atoms in total. The molecule has 4 heterocycles. The maximum Gasteiger partial charge on any atom is 0.352 e. The van der Waals surface area contributed by atoms with E-state index in [9.17, 15) is 24.3 Å². The number of β-lactam (4-membered cyclic amide) rings is 1. The molecule has 2 aliphatic rings. The molecule has 16 heteroatoms. The fourth-order valence-electron chi connectivity index (χ4n) is 3.31. The van der Waals surface area contributed by atoms with Crippen molar-refractivity contribution in [3.05, 3.63) is 33.8 Å². The van der Waals surface area contributed by atoms with Gasteiger partial charge < -0.3 is 21.3 Å². The van der Waals surface area contributed by atoms with Gasteiger partial charge in [0.2, 0.25) is 0 Å². The van der Waals surface area contributed by atoms with Crippen molar-refractivity contribution in [1.82, 2.24) is 24.8 Å². The van der Waals surface area contributed by atoms with Gasteiger partial charge in [0.15, 0.2) is 5.13 Å². The van der Waals surface area contributed by atoms with Gasteiger partial charge in [-0.05, 0) is 17.1 Å². The number of thioether (sulfide) groups is 2. The molecular weight excluding hydrogens is 525 g/mol. The van der Waals surface area contributed by atoms with Gasteiger partial charge in [-0.3, -0.25) is 19.3 Å². The van der Waals surface area contributed by atoms with Gasteiger partial charge in [0.25, 0.3) is 11.8 Å². The van der Waals surface area contributed by atoms with Crippen LogP contribution in [0.1, 0.15) is 12.1 Å². The quantitative estimate of drug-likeness (QED) is 0.201. The van der Waals surface area contributed by atoms with Gasteiger partial charge in [-0.25, -0.2) is 9.78 Å². The molecule has 2 aliphatic heterocycles. The second kappa shape index (κ2) is 10.1. The fraction of sp³-hybridized carbons (Fsp3) is 0.278. The number of nitrogens with zero attached hydrogens (tertiary/aromatic N) is 4. The maximum absolute atomic E-state index is 12.9. The van der Waals surface area contributed by atoms with Crippen LogP contribution < -0.4 is 11.1 Å². The Morgan fingerprint density at radius 2 is 2.12 bits per heavy atom. The zero-order chi connectivity index (χ0) is 24.4. The average molecular weight is 541 g/mol. The van der Waals surface area contributed by atoms with Gasteiger partial charge in [-0.2, -0.15) is 0 Å². The number of carboxylic acid groups (broad SMARTS) is 2. The molecule has 34 heavy (non-hydrogen) atoms. The SMILES string of the molecule is Nc1nc(C(=CCC(=O)O)C(=O)N[C@@H]2C(=O)N3C(C(=O)O)=C(CSc4csnn4)CS[C@H]23)cs1. The molecule has 1 saturated heterocycles. The van der Waals surface area contributed by atoms with Crippen LogP contribution in [0.4, 0.5) is 5.13 Å². The van der Waals surface area contributed by atoms with Gasteiger partial charge >= 0.3 is 11.9 Å². The number of hydrogen-bond donors (Lipinski definition) is 4. The van der Waals surface area contributed by atoms with Crippen LogP contribution in [0.3, 0.4) is 0 Å². The first-order chi connectivity index (χ1) is 16.3. The lowest BCUT2D eigenvalue weighted by atomic mass is 10.0. The van der Waals surface area contributed by atoms with Gasteiger partial charge in [-0.1, -0.05) is 22.3 Å². The number of carbonyl (C=O) groups is 4. The molecular formula is C18H16N6O6S4. The highest BCUT2D eigenvalue weighted by Gasteiger charge is 2.54. The van der Waals surface area contributed by atoms with Crippen molar-refractivity contribution in [3.63, 3.8) is 0 Å². The first kappa shape index (κ1) is 24.2. The number of carbonyl (C=O) groups excluding carboxylic acids is 2. The third-order valence-electron chi connectivity index (χ3n) is 4.79. The van der Waals surface area contributed by atoms with E-state index < -0.39 is 41.6 Å². The number of hydrogen-bond acceptors (Lipinski definition) is 12. The Kier molecular flexibility index (Phi) is 7.20. The topological polar surface area (TPSA) is 189 Å². The Hall–Kier alpha value is -2.95. The van der Waals surface area contributed by atoms with Crippen LogP contribution in [-0.2, 0) is 19.2 Å². The number of fused-ring (bicyclic) bond motifs is 1. The number of thiazole rings is 1. The second-order valence-electron chi connectivity index (χ2n) is 6.94. The summed E-state index contributed by atoms with van der Waals surface area (Å²) in [5.41, 5.74) is 6.29. The van der Waals surface area contributed by atoms with E-state index in [1.807, 2.05) is 0 Å². The number of anilines is 1. The predicted octanol–water partition coefficient (Wildman–Crippen LogP) is 0.966. The Morgan fingerprint density at radius 3 is 2.74 bits per heavy atom. The number of nitrogen functional groups attached to an aromatic ring is 1. The van der Waals surface area contributed by atoms with Crippen molar-refractivity contribution < 1.29 is 29.4 Å². The van der Waals surface area contributed by atoms with Crippen molar-refractivity contribution >= 4 is 80.9 Å².